The van der Waals surface area contributed by atoms with Gasteiger partial charge in [0.2, 0.25) is 5.43 Å². The van der Waals surface area contributed by atoms with Crippen LogP contribution in [-0.4, -0.2) is 53.6 Å². The van der Waals surface area contributed by atoms with Gasteiger partial charge < -0.3 is 20.1 Å². The Morgan fingerprint density at radius 3 is 2.88 bits per heavy atom. The molecule has 0 aliphatic carbocycles. The monoisotopic (exact) mass is 459 g/mol. The molecule has 3 aromatic rings. The Balaban J connectivity index is 1.56. The maximum Gasteiger partial charge on any atom is 0.341 e. The molecule has 2 aromatic heterocycles. The number of nitrogens with zero attached hydrogens (tertiary/aromatic N) is 4. The number of benzene rings is 1. The van der Waals surface area contributed by atoms with Gasteiger partial charge in [-0.25, -0.2) is 14.2 Å². The van der Waals surface area contributed by atoms with Gasteiger partial charge in [0, 0.05) is 37.3 Å². The standard InChI is InChI=1S/C21H22FN5O4S/c1-10-11(2)32-21(23-10)24-12-4-5-26(7-12)17-15(22)6-13-16-19(17)31-9-25(3)27(16)8-14(18(13)28)20(29)30/h6,8,12H,4-5,7,9H2,1-3H3,(H,23,24)(H,29,30). The first-order valence-corrected chi connectivity index (χ1v) is 11.0. The fourth-order valence-electron chi connectivity index (χ4n) is 4.26. The van der Waals surface area contributed by atoms with E-state index in [0.29, 0.717) is 18.6 Å². The predicted molar refractivity (Wildman–Crippen MR) is 121 cm³/mol. The third-order valence-electron chi connectivity index (χ3n) is 6.01. The van der Waals surface area contributed by atoms with Crippen LogP contribution in [-0.2, 0) is 0 Å². The van der Waals surface area contributed by atoms with Crippen molar-refractivity contribution in [1.29, 1.82) is 0 Å². The summed E-state index contributed by atoms with van der Waals surface area (Å²) in [5.74, 6) is -1.70. The Morgan fingerprint density at radius 2 is 2.19 bits per heavy atom. The fourth-order valence-corrected chi connectivity index (χ4v) is 5.15. The third kappa shape index (κ3) is 3.15. The van der Waals surface area contributed by atoms with Crippen LogP contribution in [0.5, 0.6) is 5.75 Å². The van der Waals surface area contributed by atoms with Gasteiger partial charge in [0.15, 0.2) is 23.4 Å². The molecule has 1 atom stereocenters. The number of thiazole rings is 1. The fraction of sp³-hybridized carbons (Fsp3) is 0.381. The van der Waals surface area contributed by atoms with Gasteiger partial charge in [-0.3, -0.25) is 14.5 Å². The Morgan fingerprint density at radius 1 is 1.41 bits per heavy atom. The van der Waals surface area contributed by atoms with E-state index in [0.717, 1.165) is 28.2 Å². The topological polar surface area (TPSA) is 99.9 Å². The molecule has 0 saturated carbocycles. The van der Waals surface area contributed by atoms with Gasteiger partial charge in [0.1, 0.15) is 16.8 Å². The van der Waals surface area contributed by atoms with E-state index in [9.17, 15) is 14.7 Å². The Labute approximate surface area is 186 Å². The van der Waals surface area contributed by atoms with Gasteiger partial charge in [-0.1, -0.05) is 0 Å². The largest absolute Gasteiger partial charge is 0.477 e. The van der Waals surface area contributed by atoms with Crippen molar-refractivity contribution in [3.8, 4) is 5.75 Å². The number of carboxylic acid groups (broad SMARTS) is 1. The zero-order chi connectivity index (χ0) is 22.7. The number of pyridine rings is 1. The normalized spacial score (nSPS) is 17.7. The molecule has 0 amide bonds. The van der Waals surface area contributed by atoms with E-state index in [1.807, 2.05) is 18.7 Å². The molecule has 4 heterocycles. The third-order valence-corrected chi connectivity index (χ3v) is 7.01. The number of ether oxygens (including phenoxy) is 1. The number of halogens is 1. The minimum Gasteiger partial charge on any atom is -0.477 e. The van der Waals surface area contributed by atoms with Gasteiger partial charge in [-0.15, -0.1) is 11.3 Å². The molecule has 1 fully saturated rings. The summed E-state index contributed by atoms with van der Waals surface area (Å²) >= 11 is 1.60. The molecule has 2 aliphatic heterocycles. The number of hydrogen-bond donors (Lipinski definition) is 2. The molecule has 168 valence electrons. The molecule has 1 saturated heterocycles. The summed E-state index contributed by atoms with van der Waals surface area (Å²) in [6.45, 7) is 5.24. The highest BCUT2D eigenvalue weighted by molar-refractivity contribution is 7.15. The van der Waals surface area contributed by atoms with Crippen LogP contribution in [0.2, 0.25) is 0 Å². The lowest BCUT2D eigenvalue weighted by molar-refractivity contribution is 0.0694. The van der Waals surface area contributed by atoms with Crippen LogP contribution in [0.4, 0.5) is 15.2 Å². The molecule has 32 heavy (non-hydrogen) atoms. The number of nitrogens with one attached hydrogen (secondary N) is 1. The molecule has 0 spiro atoms. The second-order valence-electron chi connectivity index (χ2n) is 8.12. The van der Waals surface area contributed by atoms with Gasteiger partial charge in [-0.2, -0.15) is 0 Å². The van der Waals surface area contributed by atoms with Crippen molar-refractivity contribution < 1.29 is 19.0 Å². The molecule has 1 aromatic carbocycles. The summed E-state index contributed by atoms with van der Waals surface area (Å²) in [5, 5.41) is 15.3. The van der Waals surface area contributed by atoms with Crippen molar-refractivity contribution in [2.45, 2.75) is 26.3 Å². The first-order valence-electron chi connectivity index (χ1n) is 10.2. The highest BCUT2D eigenvalue weighted by Gasteiger charge is 2.33. The lowest BCUT2D eigenvalue weighted by Gasteiger charge is -2.33. The number of carbonyl (C=O) groups is 1. The quantitative estimate of drug-likeness (QED) is 0.614. The van der Waals surface area contributed by atoms with E-state index >= 15 is 4.39 Å². The summed E-state index contributed by atoms with van der Waals surface area (Å²) in [7, 11) is 1.70. The number of aromatic nitrogens is 2. The second-order valence-corrected chi connectivity index (χ2v) is 9.32. The molecular formula is C21H22FN5O4S. The Bertz CT molecular complexity index is 1300. The van der Waals surface area contributed by atoms with Crippen molar-refractivity contribution in [3.05, 3.63) is 44.4 Å². The maximum atomic E-state index is 15.3. The van der Waals surface area contributed by atoms with Gasteiger partial charge in [-0.05, 0) is 26.3 Å². The molecule has 1 unspecified atom stereocenters. The van der Waals surface area contributed by atoms with Crippen molar-refractivity contribution in [2.24, 2.45) is 0 Å². The van der Waals surface area contributed by atoms with Crippen LogP contribution in [0.1, 0.15) is 27.3 Å². The summed E-state index contributed by atoms with van der Waals surface area (Å²) in [5.41, 5.74) is 0.507. The zero-order valence-electron chi connectivity index (χ0n) is 17.8. The van der Waals surface area contributed by atoms with Crippen LogP contribution in [0.3, 0.4) is 0 Å². The zero-order valence-corrected chi connectivity index (χ0v) is 18.6. The molecule has 0 bridgehead atoms. The molecule has 11 heteroatoms. The molecular weight excluding hydrogens is 437 g/mol. The minimum atomic E-state index is -1.35. The van der Waals surface area contributed by atoms with Crippen molar-refractivity contribution >= 4 is 39.0 Å². The Hall–Kier alpha value is -3.34. The molecule has 5 rings (SSSR count). The first-order chi connectivity index (χ1) is 15.2. The van der Waals surface area contributed by atoms with Crippen LogP contribution in [0, 0.1) is 19.7 Å². The number of hydrogen-bond acceptors (Lipinski definition) is 8. The highest BCUT2D eigenvalue weighted by Crippen LogP contribution is 2.41. The van der Waals surface area contributed by atoms with Crippen LogP contribution < -0.4 is 25.4 Å². The van der Waals surface area contributed by atoms with Crippen LogP contribution in [0.25, 0.3) is 10.9 Å². The lowest BCUT2D eigenvalue weighted by Crippen LogP contribution is -2.40. The highest BCUT2D eigenvalue weighted by atomic mass is 32.1. The second kappa shape index (κ2) is 7.37. The van der Waals surface area contributed by atoms with Gasteiger partial charge >= 0.3 is 5.97 Å². The van der Waals surface area contributed by atoms with E-state index in [1.54, 1.807) is 28.1 Å². The Kier molecular flexibility index (Phi) is 4.73. The van der Waals surface area contributed by atoms with E-state index in [4.69, 9.17) is 4.74 Å². The molecule has 2 aliphatic rings. The van der Waals surface area contributed by atoms with Crippen molar-refractivity contribution in [3.63, 3.8) is 0 Å². The van der Waals surface area contributed by atoms with E-state index in [1.165, 1.54) is 6.20 Å². The van der Waals surface area contributed by atoms with Crippen LogP contribution in [0.15, 0.2) is 17.1 Å². The number of rotatable bonds is 4. The van der Waals surface area contributed by atoms with Crippen molar-refractivity contribution in [2.75, 3.05) is 42.1 Å². The van der Waals surface area contributed by atoms with E-state index in [-0.39, 0.29) is 29.6 Å². The summed E-state index contributed by atoms with van der Waals surface area (Å²) in [4.78, 5) is 31.8. The predicted octanol–water partition coefficient (Wildman–Crippen LogP) is 2.52. The molecule has 0 radical (unpaired) electrons. The summed E-state index contributed by atoms with van der Waals surface area (Å²) in [6, 6.07) is 1.21. The van der Waals surface area contributed by atoms with E-state index in [2.05, 4.69) is 10.3 Å². The lowest BCUT2D eigenvalue weighted by atomic mass is 10.1. The smallest absolute Gasteiger partial charge is 0.341 e. The number of aromatic carboxylic acids is 1. The number of anilines is 2. The van der Waals surface area contributed by atoms with Crippen LogP contribution >= 0.6 is 11.3 Å². The van der Waals surface area contributed by atoms with E-state index < -0.39 is 22.8 Å². The minimum absolute atomic E-state index is 0.0182. The maximum absolute atomic E-state index is 15.3. The number of aryl methyl sites for hydroxylation is 2. The molecule has 2 N–H and O–H groups in total. The average Bonchev–Trinajstić information content (AvgIpc) is 3.31. The van der Waals surface area contributed by atoms with Crippen molar-refractivity contribution in [1.82, 2.24) is 9.66 Å². The summed E-state index contributed by atoms with van der Waals surface area (Å²) in [6.07, 6.45) is 2.06. The number of carboxylic acids is 1. The van der Waals surface area contributed by atoms with Gasteiger partial charge in [0.05, 0.1) is 11.1 Å². The van der Waals surface area contributed by atoms with Gasteiger partial charge in [0.25, 0.3) is 0 Å². The average molecular weight is 460 g/mol. The first kappa shape index (κ1) is 20.6. The molecule has 9 nitrogen and oxygen atoms in total. The summed E-state index contributed by atoms with van der Waals surface area (Å²) < 4.78 is 22.8. The SMILES string of the molecule is Cc1nc(NC2CCN(c3c(F)cc4c(=O)c(C(=O)O)cn5c4c3OCN5C)C2)sc1C.